The monoisotopic (exact) mass is 424 g/mol. The molecule has 33 heavy (non-hydrogen) atoms. The number of nitrogen functional groups attached to an aromatic ring is 1. The molecule has 2 N–H and O–H groups in total. The quantitative estimate of drug-likeness (QED) is 0.305. The van der Waals surface area contributed by atoms with Gasteiger partial charge in [0.1, 0.15) is 5.54 Å². The lowest BCUT2D eigenvalue weighted by atomic mass is 9.78. The van der Waals surface area contributed by atoms with E-state index in [0.717, 1.165) is 17.1 Å². The minimum Gasteiger partial charge on any atom is -0.399 e. The van der Waals surface area contributed by atoms with Crippen LogP contribution >= 0.6 is 0 Å². The van der Waals surface area contributed by atoms with Gasteiger partial charge in [-0.25, -0.2) is 0 Å². The molecular formula is C31H24N2. The van der Waals surface area contributed by atoms with Crippen molar-refractivity contribution in [3.8, 4) is 11.1 Å². The number of anilines is 3. The van der Waals surface area contributed by atoms with E-state index in [4.69, 9.17) is 5.73 Å². The molecule has 2 nitrogen and oxygen atoms in total. The van der Waals surface area contributed by atoms with E-state index in [-0.39, 0.29) is 0 Å². The Morgan fingerprint density at radius 1 is 0.485 bits per heavy atom. The van der Waals surface area contributed by atoms with Crippen molar-refractivity contribution < 1.29 is 0 Å². The van der Waals surface area contributed by atoms with Gasteiger partial charge in [-0.05, 0) is 64.2 Å². The van der Waals surface area contributed by atoms with E-state index in [2.05, 4.69) is 132 Å². The number of benzene rings is 5. The van der Waals surface area contributed by atoms with Gasteiger partial charge in [0, 0.05) is 17.1 Å². The van der Waals surface area contributed by atoms with E-state index in [9.17, 15) is 0 Å². The zero-order chi connectivity index (χ0) is 22.3. The molecule has 0 radical (unpaired) electrons. The van der Waals surface area contributed by atoms with Gasteiger partial charge < -0.3 is 10.6 Å². The minimum atomic E-state index is -0.578. The average molecular weight is 425 g/mol. The highest BCUT2D eigenvalue weighted by atomic mass is 15.2. The molecule has 1 unspecified atom stereocenters. The fraction of sp³-hybridized carbons (Fsp3) is 0.0323. The van der Waals surface area contributed by atoms with E-state index in [0.29, 0.717) is 0 Å². The van der Waals surface area contributed by atoms with Gasteiger partial charge in [-0.2, -0.15) is 0 Å². The van der Waals surface area contributed by atoms with Gasteiger partial charge in [-0.3, -0.25) is 0 Å². The van der Waals surface area contributed by atoms with Gasteiger partial charge in [-0.15, -0.1) is 0 Å². The molecule has 5 aromatic rings. The number of nitrogens with zero attached hydrogens (tertiary/aromatic N) is 1. The minimum absolute atomic E-state index is 0.578. The van der Waals surface area contributed by atoms with Crippen LogP contribution < -0.4 is 10.6 Å². The molecule has 2 heteroatoms. The molecule has 0 amide bonds. The lowest BCUT2D eigenvalue weighted by Crippen LogP contribution is -2.44. The highest BCUT2D eigenvalue weighted by molar-refractivity contribution is 5.89. The first-order chi connectivity index (χ1) is 16.3. The Morgan fingerprint density at radius 2 is 1.00 bits per heavy atom. The third-order valence-corrected chi connectivity index (χ3v) is 6.60. The summed E-state index contributed by atoms with van der Waals surface area (Å²) in [7, 11) is 0. The van der Waals surface area contributed by atoms with Crippen LogP contribution in [0.2, 0.25) is 0 Å². The number of fused-ring (bicyclic) bond motifs is 3. The predicted octanol–water partition coefficient (Wildman–Crippen LogP) is 7.38. The molecule has 0 aliphatic heterocycles. The topological polar surface area (TPSA) is 29.3 Å². The lowest BCUT2D eigenvalue weighted by molar-refractivity contribution is 0.644. The first-order valence-corrected chi connectivity index (χ1v) is 11.3. The number of hydrogen-bond acceptors (Lipinski definition) is 2. The molecule has 0 fully saturated rings. The zero-order valence-corrected chi connectivity index (χ0v) is 18.2. The van der Waals surface area contributed by atoms with Crippen LogP contribution in [0, 0.1) is 0 Å². The molecule has 1 aliphatic rings. The molecule has 5 aromatic carbocycles. The normalized spacial score (nSPS) is 16.1. The second-order valence-electron chi connectivity index (χ2n) is 8.43. The molecule has 158 valence electrons. The summed E-state index contributed by atoms with van der Waals surface area (Å²) in [6.07, 6.45) is 0. The fourth-order valence-electron chi connectivity index (χ4n) is 5.33. The molecule has 0 aromatic heterocycles. The summed E-state index contributed by atoms with van der Waals surface area (Å²) in [4.78, 5) is 2.46. The highest BCUT2D eigenvalue weighted by Crippen LogP contribution is 2.57. The van der Waals surface area contributed by atoms with Crippen molar-refractivity contribution in [2.75, 3.05) is 10.6 Å². The van der Waals surface area contributed by atoms with Crippen molar-refractivity contribution in [1.82, 2.24) is 0 Å². The van der Waals surface area contributed by atoms with Crippen LogP contribution in [0.25, 0.3) is 11.1 Å². The van der Waals surface area contributed by atoms with Crippen LogP contribution in [0.1, 0.15) is 16.7 Å². The van der Waals surface area contributed by atoms with Gasteiger partial charge in [0.25, 0.3) is 0 Å². The van der Waals surface area contributed by atoms with Crippen molar-refractivity contribution in [3.05, 3.63) is 150 Å². The maximum absolute atomic E-state index is 6.42. The van der Waals surface area contributed by atoms with Crippen molar-refractivity contribution in [1.29, 1.82) is 0 Å². The molecule has 1 atom stereocenters. The van der Waals surface area contributed by atoms with Crippen LogP contribution in [-0.2, 0) is 5.54 Å². The van der Waals surface area contributed by atoms with Gasteiger partial charge in [-0.1, -0.05) is 97.1 Å². The Labute approximate surface area is 194 Å². The standard InChI is InChI=1S/C31H24N2/c32-24-20-21-28-27-18-10-11-19-29(27)31(30(28)22-24,23-12-4-1-5-13-23)33(25-14-6-2-7-15-25)26-16-8-3-9-17-26/h1-22H,32H2. The number of rotatable bonds is 4. The van der Waals surface area contributed by atoms with E-state index in [1.807, 2.05) is 6.07 Å². The first-order valence-electron chi connectivity index (χ1n) is 11.3. The van der Waals surface area contributed by atoms with Gasteiger partial charge in [0.15, 0.2) is 0 Å². The lowest BCUT2D eigenvalue weighted by Gasteiger charge is -2.45. The van der Waals surface area contributed by atoms with Crippen LogP contribution in [0.5, 0.6) is 0 Å². The SMILES string of the molecule is Nc1ccc2c(c1)C(c1ccccc1)(N(c1ccccc1)c1ccccc1)c1ccccc1-2. The maximum Gasteiger partial charge on any atom is 0.122 e. The van der Waals surface area contributed by atoms with Crippen molar-refractivity contribution in [2.45, 2.75) is 5.54 Å². The highest BCUT2D eigenvalue weighted by Gasteiger charge is 2.50. The van der Waals surface area contributed by atoms with Crippen molar-refractivity contribution in [3.63, 3.8) is 0 Å². The van der Waals surface area contributed by atoms with Gasteiger partial charge in [0.2, 0.25) is 0 Å². The van der Waals surface area contributed by atoms with E-state index in [1.54, 1.807) is 0 Å². The molecular weight excluding hydrogens is 400 g/mol. The Morgan fingerprint density at radius 3 is 1.64 bits per heavy atom. The smallest absolute Gasteiger partial charge is 0.122 e. The number of nitrogens with two attached hydrogens (primary N) is 1. The third kappa shape index (κ3) is 2.88. The predicted molar refractivity (Wildman–Crippen MR) is 138 cm³/mol. The first kappa shape index (κ1) is 19.4. The molecule has 0 saturated heterocycles. The molecule has 6 rings (SSSR count). The van der Waals surface area contributed by atoms with E-state index >= 15 is 0 Å². The molecule has 0 spiro atoms. The Hall–Kier alpha value is -4.30. The second-order valence-corrected chi connectivity index (χ2v) is 8.43. The summed E-state index contributed by atoms with van der Waals surface area (Å²) in [6.45, 7) is 0. The van der Waals surface area contributed by atoms with Gasteiger partial charge in [0.05, 0.1) is 0 Å². The summed E-state index contributed by atoms with van der Waals surface area (Å²) in [5.74, 6) is 0. The van der Waals surface area contributed by atoms with Crippen LogP contribution in [0.4, 0.5) is 17.1 Å². The Balaban J connectivity index is 1.81. The summed E-state index contributed by atoms with van der Waals surface area (Å²) in [5.41, 5.74) is 15.0. The summed E-state index contributed by atoms with van der Waals surface area (Å²) < 4.78 is 0. The molecule has 0 heterocycles. The molecule has 0 bridgehead atoms. The number of para-hydroxylation sites is 2. The molecule has 1 aliphatic carbocycles. The van der Waals surface area contributed by atoms with E-state index < -0.39 is 5.54 Å². The summed E-state index contributed by atoms with van der Waals surface area (Å²) in [5, 5.41) is 0. The van der Waals surface area contributed by atoms with Crippen LogP contribution in [0.3, 0.4) is 0 Å². The Kier molecular flexibility index (Phi) is 4.51. The third-order valence-electron chi connectivity index (χ3n) is 6.60. The Bertz CT molecular complexity index is 1370. The van der Waals surface area contributed by atoms with Crippen LogP contribution in [0.15, 0.2) is 133 Å². The summed E-state index contributed by atoms with van der Waals surface area (Å²) in [6, 6.07) is 47.1. The van der Waals surface area contributed by atoms with Crippen LogP contribution in [-0.4, -0.2) is 0 Å². The van der Waals surface area contributed by atoms with Crippen molar-refractivity contribution >= 4 is 17.1 Å². The largest absolute Gasteiger partial charge is 0.399 e. The maximum atomic E-state index is 6.42. The zero-order valence-electron chi connectivity index (χ0n) is 18.2. The number of hydrogen-bond donors (Lipinski definition) is 1. The van der Waals surface area contributed by atoms with Crippen molar-refractivity contribution in [2.24, 2.45) is 0 Å². The van der Waals surface area contributed by atoms with E-state index in [1.165, 1.54) is 27.8 Å². The molecule has 0 saturated carbocycles. The fourth-order valence-corrected chi connectivity index (χ4v) is 5.33. The summed E-state index contributed by atoms with van der Waals surface area (Å²) >= 11 is 0. The van der Waals surface area contributed by atoms with Gasteiger partial charge >= 0.3 is 0 Å². The average Bonchev–Trinajstić information content (AvgIpc) is 3.16. The second kappa shape index (κ2) is 7.68.